The van der Waals surface area contributed by atoms with Gasteiger partial charge in [0.2, 0.25) is 0 Å². The fraction of sp³-hybridized carbons (Fsp3) is 0.538. The molecule has 0 aliphatic carbocycles. The second kappa shape index (κ2) is 5.40. The molecular formula is C13H17N3O2S. The highest BCUT2D eigenvalue weighted by atomic mass is 32.1. The topological polar surface area (TPSA) is 67.2 Å². The van der Waals surface area contributed by atoms with E-state index < -0.39 is 6.10 Å². The van der Waals surface area contributed by atoms with Gasteiger partial charge in [0.1, 0.15) is 4.70 Å². The van der Waals surface area contributed by atoms with Crippen LogP contribution in [0.1, 0.15) is 12.8 Å². The summed E-state index contributed by atoms with van der Waals surface area (Å²) in [6.07, 6.45) is 3.00. The number of rotatable bonds is 3. The summed E-state index contributed by atoms with van der Waals surface area (Å²) in [6.45, 7) is 2.22. The molecule has 1 aliphatic rings. The highest BCUT2D eigenvalue weighted by Crippen LogP contribution is 2.18. The Kier molecular flexibility index (Phi) is 3.63. The van der Waals surface area contributed by atoms with Crippen molar-refractivity contribution in [1.82, 2.24) is 14.9 Å². The molecule has 0 aromatic carbocycles. The lowest BCUT2D eigenvalue weighted by molar-refractivity contribution is 0.0722. The summed E-state index contributed by atoms with van der Waals surface area (Å²) in [7, 11) is 0. The number of aliphatic hydroxyl groups is 1. The van der Waals surface area contributed by atoms with E-state index in [0.29, 0.717) is 11.2 Å². The fourth-order valence-electron chi connectivity index (χ4n) is 2.59. The Bertz CT molecular complexity index is 616. The van der Waals surface area contributed by atoms with Gasteiger partial charge in [-0.2, -0.15) is 0 Å². The molecule has 6 heteroatoms. The van der Waals surface area contributed by atoms with Crippen molar-refractivity contribution >= 4 is 21.6 Å². The zero-order chi connectivity index (χ0) is 13.2. The molecule has 19 heavy (non-hydrogen) atoms. The van der Waals surface area contributed by atoms with E-state index in [0.717, 1.165) is 31.4 Å². The van der Waals surface area contributed by atoms with Crippen molar-refractivity contribution in [2.45, 2.75) is 25.5 Å². The molecule has 1 atom stereocenters. The van der Waals surface area contributed by atoms with Crippen LogP contribution in [-0.4, -0.2) is 33.9 Å². The van der Waals surface area contributed by atoms with E-state index in [1.807, 2.05) is 11.4 Å². The van der Waals surface area contributed by atoms with E-state index in [2.05, 4.69) is 10.3 Å². The molecule has 1 saturated heterocycles. The number of aliphatic hydroxyl groups excluding tert-OH is 1. The second-order valence-corrected chi connectivity index (χ2v) is 5.91. The maximum atomic E-state index is 12.2. The molecular weight excluding hydrogens is 262 g/mol. The highest BCUT2D eigenvalue weighted by Gasteiger charge is 2.22. The summed E-state index contributed by atoms with van der Waals surface area (Å²) in [4.78, 5) is 16.5. The van der Waals surface area contributed by atoms with Crippen LogP contribution < -0.4 is 10.9 Å². The number of nitrogens with one attached hydrogen (secondary N) is 1. The van der Waals surface area contributed by atoms with Crippen LogP contribution in [0, 0.1) is 5.92 Å². The molecule has 0 radical (unpaired) electrons. The quantitative estimate of drug-likeness (QED) is 0.873. The molecule has 0 saturated carbocycles. The third kappa shape index (κ3) is 2.56. The Labute approximate surface area is 114 Å². The zero-order valence-electron chi connectivity index (χ0n) is 10.6. The minimum atomic E-state index is -0.473. The molecule has 0 unspecified atom stereocenters. The maximum absolute atomic E-state index is 12.2. The second-order valence-electron chi connectivity index (χ2n) is 4.99. The summed E-state index contributed by atoms with van der Waals surface area (Å²) < 4.78 is 2.20. The van der Waals surface area contributed by atoms with Crippen molar-refractivity contribution in [2.24, 2.45) is 5.92 Å². The first-order valence-corrected chi connectivity index (χ1v) is 7.45. The van der Waals surface area contributed by atoms with E-state index in [9.17, 15) is 9.90 Å². The fourth-order valence-corrected chi connectivity index (χ4v) is 3.38. The average Bonchev–Trinajstić information content (AvgIpc) is 2.92. The van der Waals surface area contributed by atoms with E-state index >= 15 is 0 Å². The SMILES string of the molecule is O=c1c2sccc2ncn1C[C@H](O)C1CCNCC1. The van der Waals surface area contributed by atoms with Crippen LogP contribution in [0.25, 0.3) is 10.2 Å². The lowest BCUT2D eigenvalue weighted by Gasteiger charge is -2.27. The third-order valence-corrected chi connectivity index (χ3v) is 4.64. The number of thiophene rings is 1. The van der Waals surface area contributed by atoms with E-state index in [4.69, 9.17) is 0 Å². The van der Waals surface area contributed by atoms with Gasteiger partial charge in [-0.25, -0.2) is 4.98 Å². The average molecular weight is 279 g/mol. The lowest BCUT2D eigenvalue weighted by Crippen LogP contribution is -2.37. The number of hydrogen-bond acceptors (Lipinski definition) is 5. The first kappa shape index (κ1) is 12.8. The van der Waals surface area contributed by atoms with Gasteiger partial charge in [-0.05, 0) is 43.3 Å². The first-order valence-electron chi connectivity index (χ1n) is 6.57. The summed E-state index contributed by atoms with van der Waals surface area (Å²) >= 11 is 1.40. The summed E-state index contributed by atoms with van der Waals surface area (Å²) in [5, 5.41) is 15.4. The molecule has 2 aromatic heterocycles. The van der Waals surface area contributed by atoms with Crippen molar-refractivity contribution in [3.8, 4) is 0 Å². The lowest BCUT2D eigenvalue weighted by atomic mass is 9.92. The van der Waals surface area contributed by atoms with Gasteiger partial charge in [0.15, 0.2) is 0 Å². The van der Waals surface area contributed by atoms with Gasteiger partial charge in [-0.15, -0.1) is 11.3 Å². The highest BCUT2D eigenvalue weighted by molar-refractivity contribution is 7.17. The Morgan fingerprint density at radius 1 is 1.53 bits per heavy atom. The minimum absolute atomic E-state index is 0.0482. The number of aromatic nitrogens is 2. The molecule has 3 rings (SSSR count). The zero-order valence-corrected chi connectivity index (χ0v) is 11.4. The van der Waals surface area contributed by atoms with Gasteiger partial charge in [0.05, 0.1) is 24.5 Å². The van der Waals surface area contributed by atoms with Gasteiger partial charge >= 0.3 is 0 Å². The van der Waals surface area contributed by atoms with Crippen LogP contribution in [0.5, 0.6) is 0 Å². The van der Waals surface area contributed by atoms with Crippen molar-refractivity contribution in [3.63, 3.8) is 0 Å². The molecule has 1 fully saturated rings. The largest absolute Gasteiger partial charge is 0.391 e. The molecule has 1 aliphatic heterocycles. The van der Waals surface area contributed by atoms with Gasteiger partial charge in [-0.3, -0.25) is 9.36 Å². The molecule has 0 bridgehead atoms. The number of nitrogens with zero attached hydrogens (tertiary/aromatic N) is 2. The molecule has 2 aromatic rings. The van der Waals surface area contributed by atoms with Crippen LogP contribution in [0.3, 0.4) is 0 Å². The molecule has 5 nitrogen and oxygen atoms in total. The molecule has 0 amide bonds. The number of hydrogen-bond donors (Lipinski definition) is 2. The van der Waals surface area contributed by atoms with Crippen molar-refractivity contribution < 1.29 is 5.11 Å². The minimum Gasteiger partial charge on any atom is -0.391 e. The van der Waals surface area contributed by atoms with Gasteiger partial charge in [0.25, 0.3) is 5.56 Å². The van der Waals surface area contributed by atoms with Crippen molar-refractivity contribution in [2.75, 3.05) is 13.1 Å². The molecule has 2 N–H and O–H groups in total. The van der Waals surface area contributed by atoms with Crippen LogP contribution in [0.2, 0.25) is 0 Å². The molecule has 0 spiro atoms. The predicted octanol–water partition coefficient (Wildman–Crippen LogP) is 0.819. The van der Waals surface area contributed by atoms with Crippen LogP contribution >= 0.6 is 11.3 Å². The number of piperidine rings is 1. The van der Waals surface area contributed by atoms with Gasteiger partial charge in [0, 0.05) is 0 Å². The van der Waals surface area contributed by atoms with E-state index in [1.54, 1.807) is 6.33 Å². The summed E-state index contributed by atoms with van der Waals surface area (Å²) in [5.74, 6) is 0.271. The monoisotopic (exact) mass is 279 g/mol. The first-order chi connectivity index (χ1) is 9.25. The van der Waals surface area contributed by atoms with Gasteiger partial charge < -0.3 is 10.4 Å². The normalized spacial score (nSPS) is 18.8. The molecule has 3 heterocycles. The Balaban J connectivity index is 1.80. The molecule has 102 valence electrons. The van der Waals surface area contributed by atoms with Gasteiger partial charge in [-0.1, -0.05) is 0 Å². The Morgan fingerprint density at radius 3 is 3.11 bits per heavy atom. The predicted molar refractivity (Wildman–Crippen MR) is 75.5 cm³/mol. The van der Waals surface area contributed by atoms with Crippen LogP contribution in [0.4, 0.5) is 0 Å². The Hall–Kier alpha value is -1.24. The number of fused-ring (bicyclic) bond motifs is 1. The van der Waals surface area contributed by atoms with Crippen LogP contribution in [0.15, 0.2) is 22.6 Å². The van der Waals surface area contributed by atoms with E-state index in [1.165, 1.54) is 15.9 Å². The summed E-state index contributed by atoms with van der Waals surface area (Å²) in [5.41, 5.74) is 0.690. The third-order valence-electron chi connectivity index (χ3n) is 3.75. The smallest absolute Gasteiger partial charge is 0.271 e. The Morgan fingerprint density at radius 2 is 2.32 bits per heavy atom. The van der Waals surface area contributed by atoms with E-state index in [-0.39, 0.29) is 11.5 Å². The maximum Gasteiger partial charge on any atom is 0.271 e. The van der Waals surface area contributed by atoms with Crippen LogP contribution in [-0.2, 0) is 6.54 Å². The summed E-state index contributed by atoms with van der Waals surface area (Å²) in [6, 6.07) is 1.84. The standard InChI is InChI=1S/C13H17N3O2S/c17-11(9-1-4-14-5-2-9)7-16-8-15-10-3-6-19-12(10)13(16)18/h3,6,8-9,11,14,17H,1-2,4-5,7H2/t11-/m0/s1. The van der Waals surface area contributed by atoms with Crippen molar-refractivity contribution in [3.05, 3.63) is 28.1 Å². The van der Waals surface area contributed by atoms with Crippen molar-refractivity contribution in [1.29, 1.82) is 0 Å².